The monoisotopic (exact) mass is 287 g/mol. The number of hydrogen-bond acceptors (Lipinski definition) is 3. The minimum Gasteiger partial charge on any atom is -0.489 e. The molecule has 0 radical (unpaired) electrons. The van der Waals surface area contributed by atoms with Crippen LogP contribution in [0, 0.1) is 5.82 Å². The summed E-state index contributed by atoms with van der Waals surface area (Å²) < 4.78 is 18.3. The number of nitrogens with zero attached hydrogens (tertiary/aromatic N) is 1. The van der Waals surface area contributed by atoms with E-state index < -0.39 is 6.03 Å². The molecule has 0 saturated heterocycles. The van der Waals surface area contributed by atoms with E-state index in [4.69, 9.17) is 10.5 Å². The molecule has 2 amide bonds. The lowest BCUT2D eigenvalue weighted by molar-refractivity contribution is 0.249. The summed E-state index contributed by atoms with van der Waals surface area (Å²) in [6, 6.07) is 12.5. The van der Waals surface area contributed by atoms with Crippen molar-refractivity contribution < 1.29 is 13.9 Å². The highest BCUT2D eigenvalue weighted by Gasteiger charge is 1.98. The quantitative estimate of drug-likeness (QED) is 0.654. The van der Waals surface area contributed by atoms with Crippen molar-refractivity contribution in [1.82, 2.24) is 5.43 Å². The van der Waals surface area contributed by atoms with E-state index in [0.717, 1.165) is 11.1 Å². The van der Waals surface area contributed by atoms with Gasteiger partial charge >= 0.3 is 6.03 Å². The first-order valence-electron chi connectivity index (χ1n) is 6.19. The fraction of sp³-hybridized carbons (Fsp3) is 0.0667. The molecule has 108 valence electrons. The molecular formula is C15H14FN3O2. The molecule has 0 fully saturated rings. The minimum atomic E-state index is -0.720. The van der Waals surface area contributed by atoms with Crippen molar-refractivity contribution in [3.63, 3.8) is 0 Å². The van der Waals surface area contributed by atoms with Crippen LogP contribution in [0.3, 0.4) is 0 Å². The van der Waals surface area contributed by atoms with Crippen LogP contribution in [-0.2, 0) is 6.61 Å². The van der Waals surface area contributed by atoms with Crippen LogP contribution >= 0.6 is 0 Å². The van der Waals surface area contributed by atoms with E-state index in [2.05, 4.69) is 10.5 Å². The molecule has 0 aliphatic rings. The lowest BCUT2D eigenvalue weighted by atomic mass is 10.1. The van der Waals surface area contributed by atoms with Crippen molar-refractivity contribution in [3.8, 4) is 5.75 Å². The number of ether oxygens (including phenoxy) is 1. The zero-order chi connectivity index (χ0) is 15.1. The first kappa shape index (κ1) is 14.5. The molecule has 0 bridgehead atoms. The molecule has 2 aromatic rings. The zero-order valence-corrected chi connectivity index (χ0v) is 11.1. The number of urea groups is 1. The fourth-order valence-electron chi connectivity index (χ4n) is 1.63. The van der Waals surface area contributed by atoms with E-state index in [1.54, 1.807) is 12.1 Å². The summed E-state index contributed by atoms with van der Waals surface area (Å²) in [5.74, 6) is 0.286. The Kier molecular flexibility index (Phi) is 4.87. The van der Waals surface area contributed by atoms with Crippen LogP contribution in [0.25, 0.3) is 0 Å². The van der Waals surface area contributed by atoms with Gasteiger partial charge in [-0.15, -0.1) is 0 Å². The Morgan fingerprint density at radius 1 is 1.29 bits per heavy atom. The number of hydrogen-bond donors (Lipinski definition) is 2. The number of carbonyl (C=O) groups is 1. The summed E-state index contributed by atoms with van der Waals surface area (Å²) in [6.45, 7) is 0.344. The number of nitrogens with two attached hydrogens (primary N) is 1. The molecule has 2 rings (SSSR count). The van der Waals surface area contributed by atoms with E-state index >= 15 is 0 Å². The highest BCUT2D eigenvalue weighted by Crippen LogP contribution is 2.13. The number of carbonyl (C=O) groups excluding carboxylic acids is 1. The topological polar surface area (TPSA) is 76.7 Å². The number of halogens is 1. The maximum atomic E-state index is 12.8. The summed E-state index contributed by atoms with van der Waals surface area (Å²) in [4.78, 5) is 10.5. The number of primary amides is 1. The number of amides is 2. The molecule has 0 aromatic heterocycles. The Labute approximate surface area is 121 Å². The average molecular weight is 287 g/mol. The molecule has 2 aromatic carbocycles. The van der Waals surface area contributed by atoms with Gasteiger partial charge in [0.1, 0.15) is 18.2 Å². The van der Waals surface area contributed by atoms with E-state index in [1.165, 1.54) is 18.3 Å². The van der Waals surface area contributed by atoms with Crippen LogP contribution in [0.4, 0.5) is 9.18 Å². The number of nitrogens with one attached hydrogen (secondary N) is 1. The number of hydrazone groups is 1. The van der Waals surface area contributed by atoms with Gasteiger partial charge in [-0.05, 0) is 41.5 Å². The Morgan fingerprint density at radius 2 is 2.05 bits per heavy atom. The van der Waals surface area contributed by atoms with E-state index in [1.807, 2.05) is 24.3 Å². The highest BCUT2D eigenvalue weighted by atomic mass is 19.1. The van der Waals surface area contributed by atoms with Crippen molar-refractivity contribution in [2.45, 2.75) is 6.61 Å². The molecule has 21 heavy (non-hydrogen) atoms. The van der Waals surface area contributed by atoms with Crippen molar-refractivity contribution in [3.05, 3.63) is 65.5 Å². The number of rotatable bonds is 5. The van der Waals surface area contributed by atoms with Gasteiger partial charge in [0, 0.05) is 0 Å². The first-order valence-corrected chi connectivity index (χ1v) is 6.19. The van der Waals surface area contributed by atoms with Gasteiger partial charge in [-0.2, -0.15) is 5.10 Å². The third kappa shape index (κ3) is 4.94. The molecule has 0 unspecified atom stereocenters. The van der Waals surface area contributed by atoms with Gasteiger partial charge in [-0.3, -0.25) is 0 Å². The lowest BCUT2D eigenvalue weighted by Crippen LogP contribution is -2.24. The van der Waals surface area contributed by atoms with Crippen molar-refractivity contribution >= 4 is 12.2 Å². The van der Waals surface area contributed by atoms with Crippen molar-refractivity contribution in [1.29, 1.82) is 0 Å². The largest absolute Gasteiger partial charge is 0.489 e. The second-order valence-corrected chi connectivity index (χ2v) is 4.22. The molecular weight excluding hydrogens is 273 g/mol. The van der Waals surface area contributed by atoms with E-state index in [0.29, 0.717) is 12.4 Å². The third-order valence-electron chi connectivity index (χ3n) is 2.56. The average Bonchev–Trinajstić information content (AvgIpc) is 2.47. The molecule has 0 atom stereocenters. The van der Waals surface area contributed by atoms with Crippen LogP contribution in [0.2, 0.25) is 0 Å². The van der Waals surface area contributed by atoms with Gasteiger partial charge in [0.15, 0.2) is 0 Å². The Balaban J connectivity index is 1.96. The fourth-order valence-corrected chi connectivity index (χ4v) is 1.63. The summed E-state index contributed by atoms with van der Waals surface area (Å²) >= 11 is 0. The molecule has 6 heteroatoms. The van der Waals surface area contributed by atoms with Gasteiger partial charge in [0.2, 0.25) is 0 Å². The Morgan fingerprint density at radius 3 is 2.76 bits per heavy atom. The molecule has 0 spiro atoms. The van der Waals surface area contributed by atoms with Gasteiger partial charge in [-0.25, -0.2) is 14.6 Å². The molecule has 0 saturated carbocycles. The minimum absolute atomic E-state index is 0.303. The van der Waals surface area contributed by atoms with Gasteiger partial charge in [-0.1, -0.05) is 18.2 Å². The third-order valence-corrected chi connectivity index (χ3v) is 2.56. The van der Waals surface area contributed by atoms with E-state index in [9.17, 15) is 9.18 Å². The van der Waals surface area contributed by atoms with Crippen LogP contribution < -0.4 is 15.9 Å². The normalized spacial score (nSPS) is 10.5. The highest BCUT2D eigenvalue weighted by molar-refractivity contribution is 5.81. The summed E-state index contributed by atoms with van der Waals surface area (Å²) in [7, 11) is 0. The second kappa shape index (κ2) is 7.04. The number of benzene rings is 2. The predicted molar refractivity (Wildman–Crippen MR) is 77.5 cm³/mol. The van der Waals surface area contributed by atoms with Crippen molar-refractivity contribution in [2.75, 3.05) is 0 Å². The van der Waals surface area contributed by atoms with E-state index in [-0.39, 0.29) is 5.82 Å². The Hall–Kier alpha value is -2.89. The maximum Gasteiger partial charge on any atom is 0.332 e. The smallest absolute Gasteiger partial charge is 0.332 e. The Bertz CT molecular complexity index is 642. The summed E-state index contributed by atoms with van der Waals surface area (Å²) in [6.07, 6.45) is 1.48. The molecule has 0 aliphatic carbocycles. The maximum absolute atomic E-state index is 12.8. The van der Waals surface area contributed by atoms with Crippen molar-refractivity contribution in [2.24, 2.45) is 10.8 Å². The molecule has 5 nitrogen and oxygen atoms in total. The standard InChI is InChI=1S/C15H14FN3O2/c16-13-4-6-14(7-5-13)21-10-12-3-1-2-11(8-12)9-18-19-15(17)20/h1-9H,10H2,(H3,17,19,20). The molecule has 0 aliphatic heterocycles. The summed E-state index contributed by atoms with van der Waals surface area (Å²) in [5, 5.41) is 3.68. The van der Waals surface area contributed by atoms with Gasteiger partial charge in [0.05, 0.1) is 6.21 Å². The lowest BCUT2D eigenvalue weighted by Gasteiger charge is -2.06. The van der Waals surface area contributed by atoms with Crippen LogP contribution in [0.1, 0.15) is 11.1 Å². The predicted octanol–water partition coefficient (Wildman–Crippen LogP) is 2.41. The summed E-state index contributed by atoms with van der Waals surface area (Å²) in [5.41, 5.74) is 8.73. The SMILES string of the molecule is NC(=O)NN=Cc1cccc(COc2ccc(F)cc2)c1. The van der Waals surface area contributed by atoms with Crippen LogP contribution in [-0.4, -0.2) is 12.2 Å². The van der Waals surface area contributed by atoms with Gasteiger partial charge in [0.25, 0.3) is 0 Å². The van der Waals surface area contributed by atoms with Crippen LogP contribution in [0.15, 0.2) is 53.6 Å². The van der Waals surface area contributed by atoms with Crippen LogP contribution in [0.5, 0.6) is 5.75 Å². The van der Waals surface area contributed by atoms with Gasteiger partial charge < -0.3 is 10.5 Å². The zero-order valence-electron chi connectivity index (χ0n) is 11.1. The molecule has 0 heterocycles. The molecule has 3 N–H and O–H groups in total. The second-order valence-electron chi connectivity index (χ2n) is 4.22. The first-order chi connectivity index (χ1) is 10.1.